The molecule has 0 rings (SSSR count). The molecule has 16 heavy (non-hydrogen) atoms. The molecule has 0 aliphatic rings. The van der Waals surface area contributed by atoms with Gasteiger partial charge in [0.15, 0.2) is 0 Å². The van der Waals surface area contributed by atoms with Crippen molar-refractivity contribution in [1.82, 2.24) is 9.80 Å². The third-order valence-corrected chi connectivity index (χ3v) is 2.94. The van der Waals surface area contributed by atoms with Crippen LogP contribution in [-0.2, 0) is 4.79 Å². The Kier molecular flexibility index (Phi) is 8.49. The van der Waals surface area contributed by atoms with E-state index in [9.17, 15) is 4.79 Å². The van der Waals surface area contributed by atoms with Crippen molar-refractivity contribution in [3.63, 3.8) is 0 Å². The van der Waals surface area contributed by atoms with Gasteiger partial charge in [-0.1, -0.05) is 20.8 Å². The normalized spacial score (nSPS) is 13.4. The number of rotatable bonds is 9. The molecule has 0 spiro atoms. The molecule has 0 N–H and O–H groups in total. The Bertz CT molecular complexity index is 192. The average molecular weight is 228 g/mol. The molecule has 0 heterocycles. The van der Waals surface area contributed by atoms with E-state index in [2.05, 4.69) is 37.7 Å². The predicted molar refractivity (Wildman–Crippen MR) is 69.7 cm³/mol. The first-order valence-corrected chi connectivity index (χ1v) is 6.41. The Labute approximate surface area is 101 Å². The molecular weight excluding hydrogens is 200 g/mol. The summed E-state index contributed by atoms with van der Waals surface area (Å²) in [6.07, 6.45) is 2.06. The standard InChI is InChI=1S/C13H28N2O/c1-6-8-15(10-9-14(4)5)11-13(16)12(3)7-2/h12H,6-11H2,1-5H3. The molecule has 0 radical (unpaired) electrons. The fraction of sp³-hybridized carbons (Fsp3) is 0.923. The summed E-state index contributed by atoms with van der Waals surface area (Å²) in [6.45, 7) is 9.92. The highest BCUT2D eigenvalue weighted by molar-refractivity contribution is 5.82. The number of ketones is 1. The molecule has 0 aliphatic heterocycles. The minimum absolute atomic E-state index is 0.207. The molecule has 3 nitrogen and oxygen atoms in total. The lowest BCUT2D eigenvalue weighted by Gasteiger charge is -2.24. The van der Waals surface area contributed by atoms with Gasteiger partial charge in [0.25, 0.3) is 0 Å². The summed E-state index contributed by atoms with van der Waals surface area (Å²) in [7, 11) is 4.14. The highest BCUT2D eigenvalue weighted by atomic mass is 16.1. The van der Waals surface area contributed by atoms with Gasteiger partial charge in [0.2, 0.25) is 0 Å². The number of Topliss-reactive ketones (excluding diaryl/α,β-unsaturated/α-hetero) is 1. The van der Waals surface area contributed by atoms with Gasteiger partial charge in [0.1, 0.15) is 5.78 Å². The van der Waals surface area contributed by atoms with Crippen molar-refractivity contribution in [2.45, 2.75) is 33.6 Å². The second kappa shape index (κ2) is 8.71. The Hall–Kier alpha value is -0.410. The zero-order chi connectivity index (χ0) is 12.6. The molecule has 96 valence electrons. The Balaban J connectivity index is 4.05. The molecule has 0 aromatic rings. The molecule has 0 saturated carbocycles. The molecule has 0 fully saturated rings. The highest BCUT2D eigenvalue weighted by Crippen LogP contribution is 2.04. The van der Waals surface area contributed by atoms with Crippen molar-refractivity contribution in [1.29, 1.82) is 0 Å². The maximum Gasteiger partial charge on any atom is 0.149 e. The fourth-order valence-electron chi connectivity index (χ4n) is 1.53. The summed E-state index contributed by atoms with van der Waals surface area (Å²) < 4.78 is 0. The van der Waals surface area contributed by atoms with Crippen LogP contribution in [0.3, 0.4) is 0 Å². The van der Waals surface area contributed by atoms with Crippen molar-refractivity contribution in [2.24, 2.45) is 5.92 Å². The summed E-state index contributed by atoms with van der Waals surface area (Å²) in [4.78, 5) is 16.3. The minimum Gasteiger partial charge on any atom is -0.308 e. The summed E-state index contributed by atoms with van der Waals surface area (Å²) >= 11 is 0. The van der Waals surface area contributed by atoms with Crippen molar-refractivity contribution in [3.05, 3.63) is 0 Å². The van der Waals surface area contributed by atoms with E-state index in [1.54, 1.807) is 0 Å². The number of hydrogen-bond acceptors (Lipinski definition) is 3. The van der Waals surface area contributed by atoms with Gasteiger partial charge < -0.3 is 4.90 Å². The Morgan fingerprint density at radius 3 is 2.19 bits per heavy atom. The van der Waals surface area contributed by atoms with Crippen LogP contribution in [0.2, 0.25) is 0 Å². The molecule has 0 aromatic heterocycles. The van der Waals surface area contributed by atoms with Crippen LogP contribution < -0.4 is 0 Å². The van der Waals surface area contributed by atoms with Gasteiger partial charge in [-0.15, -0.1) is 0 Å². The van der Waals surface area contributed by atoms with Crippen molar-refractivity contribution < 1.29 is 4.79 Å². The lowest BCUT2D eigenvalue weighted by atomic mass is 10.0. The van der Waals surface area contributed by atoms with Gasteiger partial charge in [0, 0.05) is 19.0 Å². The largest absolute Gasteiger partial charge is 0.308 e. The quantitative estimate of drug-likeness (QED) is 0.602. The Morgan fingerprint density at radius 2 is 1.75 bits per heavy atom. The van der Waals surface area contributed by atoms with Gasteiger partial charge in [-0.05, 0) is 33.5 Å². The van der Waals surface area contributed by atoms with Crippen LogP contribution in [0.5, 0.6) is 0 Å². The lowest BCUT2D eigenvalue weighted by Crippen LogP contribution is -2.37. The van der Waals surface area contributed by atoms with Crippen LogP contribution in [0, 0.1) is 5.92 Å². The van der Waals surface area contributed by atoms with E-state index in [0.717, 1.165) is 32.5 Å². The molecule has 1 unspecified atom stereocenters. The maximum atomic E-state index is 11.8. The van der Waals surface area contributed by atoms with E-state index >= 15 is 0 Å². The third kappa shape index (κ3) is 6.96. The van der Waals surface area contributed by atoms with E-state index in [4.69, 9.17) is 0 Å². The first-order chi connectivity index (χ1) is 7.51. The fourth-order valence-corrected chi connectivity index (χ4v) is 1.53. The predicted octanol–water partition coefficient (Wildman–Crippen LogP) is 1.88. The zero-order valence-electron chi connectivity index (χ0n) is 11.6. The second-order valence-corrected chi connectivity index (χ2v) is 4.86. The third-order valence-electron chi connectivity index (χ3n) is 2.94. The molecule has 0 amide bonds. The summed E-state index contributed by atoms with van der Waals surface area (Å²) in [5.74, 6) is 0.591. The van der Waals surface area contributed by atoms with Gasteiger partial charge >= 0.3 is 0 Å². The molecule has 0 aliphatic carbocycles. The maximum absolute atomic E-state index is 11.8. The smallest absolute Gasteiger partial charge is 0.149 e. The second-order valence-electron chi connectivity index (χ2n) is 4.86. The monoisotopic (exact) mass is 228 g/mol. The van der Waals surface area contributed by atoms with E-state index < -0.39 is 0 Å². The molecular formula is C13H28N2O. The Morgan fingerprint density at radius 1 is 1.12 bits per heavy atom. The number of carbonyl (C=O) groups is 1. The lowest BCUT2D eigenvalue weighted by molar-refractivity contribution is -0.123. The first-order valence-electron chi connectivity index (χ1n) is 6.41. The number of likely N-dealkylation sites (N-methyl/N-ethyl adjacent to an activating group) is 1. The van der Waals surface area contributed by atoms with E-state index in [1.165, 1.54) is 0 Å². The van der Waals surface area contributed by atoms with E-state index in [0.29, 0.717) is 12.3 Å². The van der Waals surface area contributed by atoms with Crippen molar-refractivity contribution >= 4 is 5.78 Å². The number of nitrogens with zero attached hydrogens (tertiary/aromatic N) is 2. The summed E-state index contributed by atoms with van der Waals surface area (Å²) in [5.41, 5.74) is 0. The molecule has 0 aromatic carbocycles. The summed E-state index contributed by atoms with van der Waals surface area (Å²) in [6, 6.07) is 0. The van der Waals surface area contributed by atoms with Gasteiger partial charge in [-0.2, -0.15) is 0 Å². The minimum atomic E-state index is 0.207. The van der Waals surface area contributed by atoms with Crippen molar-refractivity contribution in [3.8, 4) is 0 Å². The molecule has 0 saturated heterocycles. The van der Waals surface area contributed by atoms with Gasteiger partial charge in [-0.3, -0.25) is 9.69 Å². The van der Waals surface area contributed by atoms with Gasteiger partial charge in [-0.25, -0.2) is 0 Å². The topological polar surface area (TPSA) is 23.6 Å². The first kappa shape index (κ1) is 15.6. The number of hydrogen-bond donors (Lipinski definition) is 0. The van der Waals surface area contributed by atoms with Crippen LogP contribution >= 0.6 is 0 Å². The van der Waals surface area contributed by atoms with E-state index in [-0.39, 0.29) is 5.92 Å². The zero-order valence-corrected chi connectivity index (χ0v) is 11.6. The summed E-state index contributed by atoms with van der Waals surface area (Å²) in [5, 5.41) is 0. The molecule has 1 atom stereocenters. The van der Waals surface area contributed by atoms with Crippen LogP contribution in [0.15, 0.2) is 0 Å². The van der Waals surface area contributed by atoms with Gasteiger partial charge in [0.05, 0.1) is 6.54 Å². The SMILES string of the molecule is CCCN(CCN(C)C)CC(=O)C(C)CC. The average Bonchev–Trinajstić information content (AvgIpc) is 2.24. The van der Waals surface area contributed by atoms with Crippen LogP contribution in [0.25, 0.3) is 0 Å². The van der Waals surface area contributed by atoms with Crippen LogP contribution in [0.4, 0.5) is 0 Å². The highest BCUT2D eigenvalue weighted by Gasteiger charge is 2.14. The molecule has 0 bridgehead atoms. The number of carbonyl (C=O) groups excluding carboxylic acids is 1. The van der Waals surface area contributed by atoms with Crippen LogP contribution in [0.1, 0.15) is 33.6 Å². The van der Waals surface area contributed by atoms with Crippen molar-refractivity contribution in [2.75, 3.05) is 40.3 Å². The van der Waals surface area contributed by atoms with E-state index in [1.807, 2.05) is 6.92 Å². The molecule has 3 heteroatoms. The van der Waals surface area contributed by atoms with Crippen LogP contribution in [-0.4, -0.2) is 55.9 Å².